The van der Waals surface area contributed by atoms with E-state index >= 15 is 0 Å². The van der Waals surface area contributed by atoms with Gasteiger partial charge in [0.2, 0.25) is 0 Å². The van der Waals surface area contributed by atoms with E-state index in [-0.39, 0.29) is 18.6 Å². The molecule has 2 rings (SSSR count). The number of carbonyl (C=O) groups excluding carboxylic acids is 2. The molecule has 7 heteroatoms. The minimum Gasteiger partial charge on any atom is -0.465 e. The van der Waals surface area contributed by atoms with Crippen molar-refractivity contribution < 1.29 is 33.3 Å². The fraction of sp³-hybridized carbons (Fsp3) is 0.867. The highest BCUT2D eigenvalue weighted by atomic mass is 16.6. The van der Waals surface area contributed by atoms with Gasteiger partial charge in [0.1, 0.15) is 18.8 Å². The van der Waals surface area contributed by atoms with Gasteiger partial charge in [0, 0.05) is 32.3 Å². The summed E-state index contributed by atoms with van der Waals surface area (Å²) in [7, 11) is 0. The first-order valence-electron chi connectivity index (χ1n) is 7.80. The van der Waals surface area contributed by atoms with Crippen molar-refractivity contribution in [3.05, 3.63) is 0 Å². The molecule has 0 aromatic heterocycles. The maximum atomic E-state index is 10.9. The third kappa shape index (κ3) is 5.23. The van der Waals surface area contributed by atoms with Gasteiger partial charge in [-0.2, -0.15) is 0 Å². The molecule has 0 bridgehead atoms. The van der Waals surface area contributed by atoms with Crippen LogP contribution in [0.3, 0.4) is 0 Å². The van der Waals surface area contributed by atoms with Crippen LogP contribution in [0.1, 0.15) is 25.7 Å². The summed E-state index contributed by atoms with van der Waals surface area (Å²) in [5.74, 6) is 0.152. The summed E-state index contributed by atoms with van der Waals surface area (Å²) in [6.07, 6.45) is 2.33. The topological polar surface area (TPSA) is 80.3 Å². The molecule has 0 radical (unpaired) electrons. The van der Waals surface area contributed by atoms with E-state index in [0.717, 1.165) is 25.7 Å². The molecule has 2 fully saturated rings. The standard InChI is InChI=1S/C15H24O7/c16-10-20-9-14(22-13-3-7-19-8-4-13)15(21-11-17)12-1-5-18-6-2-12/h10-15H,1-9H2. The predicted molar refractivity (Wildman–Crippen MR) is 75.2 cm³/mol. The zero-order chi connectivity index (χ0) is 15.6. The Morgan fingerprint density at radius 3 is 2.18 bits per heavy atom. The lowest BCUT2D eigenvalue weighted by Crippen LogP contribution is -2.45. The van der Waals surface area contributed by atoms with Gasteiger partial charge in [-0.3, -0.25) is 9.59 Å². The Balaban J connectivity index is 2.00. The minimum atomic E-state index is -0.457. The van der Waals surface area contributed by atoms with Crippen molar-refractivity contribution in [3.63, 3.8) is 0 Å². The number of rotatable bonds is 9. The second kappa shape index (κ2) is 9.76. The van der Waals surface area contributed by atoms with Crippen LogP contribution in [0, 0.1) is 5.92 Å². The van der Waals surface area contributed by atoms with Crippen molar-refractivity contribution in [1.82, 2.24) is 0 Å². The van der Waals surface area contributed by atoms with Crippen molar-refractivity contribution in [1.29, 1.82) is 0 Å². The molecule has 0 amide bonds. The van der Waals surface area contributed by atoms with E-state index in [4.69, 9.17) is 23.7 Å². The Hall–Kier alpha value is -1.18. The van der Waals surface area contributed by atoms with Crippen molar-refractivity contribution >= 4 is 12.9 Å². The molecular formula is C15H24O7. The highest BCUT2D eigenvalue weighted by molar-refractivity contribution is 5.38. The highest BCUT2D eigenvalue weighted by Crippen LogP contribution is 2.26. The molecule has 126 valence electrons. The molecular weight excluding hydrogens is 292 g/mol. The van der Waals surface area contributed by atoms with Crippen LogP contribution in [0.25, 0.3) is 0 Å². The average Bonchev–Trinajstić information content (AvgIpc) is 2.58. The molecule has 0 N–H and O–H groups in total. The van der Waals surface area contributed by atoms with Crippen LogP contribution >= 0.6 is 0 Å². The van der Waals surface area contributed by atoms with Gasteiger partial charge in [-0.15, -0.1) is 0 Å². The normalized spacial score (nSPS) is 23.5. The third-order valence-corrected chi connectivity index (χ3v) is 4.17. The summed E-state index contributed by atoms with van der Waals surface area (Å²) in [5, 5.41) is 0. The lowest BCUT2D eigenvalue weighted by Gasteiger charge is -2.36. The summed E-state index contributed by atoms with van der Waals surface area (Å²) in [6, 6.07) is 0. The first-order valence-corrected chi connectivity index (χ1v) is 7.80. The van der Waals surface area contributed by atoms with E-state index in [9.17, 15) is 9.59 Å². The smallest absolute Gasteiger partial charge is 0.293 e. The fourth-order valence-corrected chi connectivity index (χ4v) is 3.02. The third-order valence-electron chi connectivity index (χ3n) is 4.17. The minimum absolute atomic E-state index is 0.0339. The van der Waals surface area contributed by atoms with Gasteiger partial charge in [-0.25, -0.2) is 0 Å². The SMILES string of the molecule is O=COCC(OC1CCOCC1)C(OC=O)C1CCOCC1. The van der Waals surface area contributed by atoms with E-state index in [1.165, 1.54) is 0 Å². The Morgan fingerprint density at radius 1 is 0.955 bits per heavy atom. The lowest BCUT2D eigenvalue weighted by atomic mass is 9.90. The van der Waals surface area contributed by atoms with Gasteiger partial charge in [-0.05, 0) is 25.7 Å². The van der Waals surface area contributed by atoms with Gasteiger partial charge < -0.3 is 23.7 Å². The second-order valence-electron chi connectivity index (χ2n) is 5.56. The van der Waals surface area contributed by atoms with Crippen molar-refractivity contribution in [2.45, 2.75) is 44.0 Å². The summed E-state index contributed by atoms with van der Waals surface area (Å²) >= 11 is 0. The fourth-order valence-electron chi connectivity index (χ4n) is 3.02. The first-order chi connectivity index (χ1) is 10.8. The van der Waals surface area contributed by atoms with E-state index in [0.29, 0.717) is 39.4 Å². The summed E-state index contributed by atoms with van der Waals surface area (Å²) < 4.78 is 26.9. The quantitative estimate of drug-likeness (QED) is 0.579. The number of hydrogen-bond donors (Lipinski definition) is 0. The van der Waals surface area contributed by atoms with E-state index in [2.05, 4.69) is 0 Å². The summed E-state index contributed by atoms with van der Waals surface area (Å²) in [6.45, 7) is 3.51. The van der Waals surface area contributed by atoms with Gasteiger partial charge in [0.05, 0.1) is 6.10 Å². The molecule has 2 saturated heterocycles. The van der Waals surface area contributed by atoms with E-state index in [1.807, 2.05) is 0 Å². The zero-order valence-electron chi connectivity index (χ0n) is 12.7. The lowest BCUT2D eigenvalue weighted by molar-refractivity contribution is -0.173. The number of carbonyl (C=O) groups is 2. The molecule has 7 nitrogen and oxygen atoms in total. The van der Waals surface area contributed by atoms with Crippen molar-refractivity contribution in [2.24, 2.45) is 5.92 Å². The van der Waals surface area contributed by atoms with Crippen LogP contribution in [0.5, 0.6) is 0 Å². The maximum Gasteiger partial charge on any atom is 0.293 e. The molecule has 2 unspecified atom stereocenters. The zero-order valence-corrected chi connectivity index (χ0v) is 12.7. The van der Waals surface area contributed by atoms with E-state index < -0.39 is 12.2 Å². The molecule has 22 heavy (non-hydrogen) atoms. The molecule has 2 atom stereocenters. The van der Waals surface area contributed by atoms with Crippen LogP contribution < -0.4 is 0 Å². The van der Waals surface area contributed by atoms with Crippen LogP contribution in [-0.2, 0) is 33.3 Å². The van der Waals surface area contributed by atoms with Crippen molar-refractivity contribution in [2.75, 3.05) is 33.0 Å². The number of hydrogen-bond acceptors (Lipinski definition) is 7. The van der Waals surface area contributed by atoms with Crippen LogP contribution in [-0.4, -0.2) is 64.3 Å². The van der Waals surface area contributed by atoms with Crippen molar-refractivity contribution in [3.8, 4) is 0 Å². The molecule has 0 aliphatic carbocycles. The molecule has 2 aliphatic rings. The van der Waals surface area contributed by atoms with Gasteiger partial charge >= 0.3 is 0 Å². The molecule has 0 saturated carbocycles. The Labute approximate surface area is 130 Å². The predicted octanol–water partition coefficient (Wildman–Crippen LogP) is 0.692. The summed E-state index contributed by atoms with van der Waals surface area (Å²) in [5.41, 5.74) is 0. The maximum absolute atomic E-state index is 10.9. The summed E-state index contributed by atoms with van der Waals surface area (Å²) in [4.78, 5) is 21.4. The van der Waals surface area contributed by atoms with Gasteiger partial charge in [-0.1, -0.05) is 0 Å². The Morgan fingerprint density at radius 2 is 1.59 bits per heavy atom. The number of ether oxygens (including phenoxy) is 5. The largest absolute Gasteiger partial charge is 0.465 e. The second-order valence-corrected chi connectivity index (χ2v) is 5.56. The molecule has 0 spiro atoms. The van der Waals surface area contributed by atoms with Gasteiger partial charge in [0.15, 0.2) is 0 Å². The van der Waals surface area contributed by atoms with Crippen LogP contribution in [0.4, 0.5) is 0 Å². The molecule has 0 aromatic carbocycles. The first kappa shape index (κ1) is 17.2. The monoisotopic (exact) mass is 316 g/mol. The van der Waals surface area contributed by atoms with Crippen LogP contribution in [0.15, 0.2) is 0 Å². The van der Waals surface area contributed by atoms with E-state index in [1.54, 1.807) is 0 Å². The highest BCUT2D eigenvalue weighted by Gasteiger charge is 2.35. The molecule has 2 aliphatic heterocycles. The van der Waals surface area contributed by atoms with Gasteiger partial charge in [0.25, 0.3) is 12.9 Å². The Bertz CT molecular complexity index is 324. The van der Waals surface area contributed by atoms with Crippen LogP contribution in [0.2, 0.25) is 0 Å². The molecule has 0 aromatic rings. The average molecular weight is 316 g/mol. The Kier molecular flexibility index (Phi) is 7.62. The molecule has 2 heterocycles.